The molecule has 378 valence electrons. The summed E-state index contributed by atoms with van der Waals surface area (Å²) in [5, 5.41) is 32.2. The van der Waals surface area contributed by atoms with E-state index >= 15 is 0 Å². The van der Waals surface area contributed by atoms with Crippen molar-refractivity contribution >= 4 is 55.9 Å². The summed E-state index contributed by atoms with van der Waals surface area (Å²) in [6.45, 7) is 0. The number of rotatable bonds is 12. The molecule has 0 saturated carbocycles. The third kappa shape index (κ3) is 9.57. The summed E-state index contributed by atoms with van der Waals surface area (Å²) in [5.41, 5.74) is 18.7. The van der Waals surface area contributed by atoms with E-state index in [4.69, 9.17) is 9.97 Å². The molecule has 0 atom stereocenters. The monoisotopic (exact) mass is 1030 g/mol. The Hall–Kier alpha value is -11.6. The Labute approximate surface area is 469 Å². The van der Waals surface area contributed by atoms with Crippen LogP contribution in [0.15, 0.2) is 279 Å². The fraction of sp³-hybridized carbons (Fsp3) is 0. The molecule has 11 aromatic carbocycles. The van der Waals surface area contributed by atoms with Crippen LogP contribution in [0.3, 0.4) is 0 Å². The number of nitriles is 3. The van der Waals surface area contributed by atoms with E-state index in [0.717, 1.165) is 112 Å². The van der Waals surface area contributed by atoms with Crippen LogP contribution < -0.4 is 9.80 Å². The summed E-state index contributed by atoms with van der Waals surface area (Å²) in [4.78, 5) is 14.4. The zero-order valence-electron chi connectivity index (χ0n) is 43.6. The van der Waals surface area contributed by atoms with E-state index in [1.165, 1.54) is 0 Å². The molecular weight excluding hydrogens is 989 g/mol. The van der Waals surface area contributed by atoms with Crippen LogP contribution in [0, 0.1) is 34.0 Å². The van der Waals surface area contributed by atoms with Gasteiger partial charge in [-0.25, -0.2) is 9.97 Å². The first-order valence-corrected chi connectivity index (χ1v) is 26.5. The number of anilines is 6. The van der Waals surface area contributed by atoms with Gasteiger partial charge in [0.25, 0.3) is 0 Å². The van der Waals surface area contributed by atoms with Crippen LogP contribution >= 0.6 is 0 Å². The minimum absolute atomic E-state index is 0.566. The molecule has 0 aliphatic rings. The van der Waals surface area contributed by atoms with Crippen molar-refractivity contribution in [3.63, 3.8) is 0 Å². The Morgan fingerprint density at radius 1 is 0.309 bits per heavy atom. The molecule has 13 aromatic rings. The summed E-state index contributed by atoms with van der Waals surface area (Å²) in [6.07, 6.45) is 0. The Bertz CT molecular complexity index is 4400. The minimum atomic E-state index is 0.566. The largest absolute Gasteiger partial charge is 0.310 e. The summed E-state index contributed by atoms with van der Waals surface area (Å²) in [7, 11) is 0. The molecule has 13 rings (SSSR count). The van der Waals surface area contributed by atoms with Crippen LogP contribution in [0.4, 0.5) is 34.1 Å². The van der Waals surface area contributed by atoms with Crippen molar-refractivity contribution in [3.05, 3.63) is 296 Å². The number of nitrogens with zero attached hydrogens (tertiary/aromatic N) is 8. The van der Waals surface area contributed by atoms with Crippen molar-refractivity contribution in [1.82, 2.24) is 14.5 Å². The predicted molar refractivity (Wildman–Crippen MR) is 327 cm³/mol. The molecule has 0 unspecified atom stereocenters. The quantitative estimate of drug-likeness (QED) is 0.120. The Morgan fingerprint density at radius 2 is 0.716 bits per heavy atom. The number of hydrogen-bond acceptors (Lipinski definition) is 7. The molecule has 0 fully saturated rings. The van der Waals surface area contributed by atoms with Gasteiger partial charge in [-0.1, -0.05) is 146 Å². The van der Waals surface area contributed by atoms with Crippen LogP contribution in [-0.2, 0) is 0 Å². The number of hydrogen-bond donors (Lipinski definition) is 0. The molecule has 0 amide bonds. The molecule has 2 aromatic heterocycles. The standard InChI is InChI=1S/C73H46N8/c74-47-50-21-32-61(33-22-50)80(62-34-23-51(48-75)24-35-62)65-39-42-72-68(45-65)67-44-64(79(59-17-9-3-10-18-59)60-19-11-4-12-20-60)38-41-71(67)81(72)63-36-29-53(30-37-63)66-40-31-57(43-58(66)49-76)52-25-27-55(28-26-52)70-46-69(54-13-5-1-6-14-54)77-73(78-70)56-15-7-2-8-16-56/h1-46H. The smallest absolute Gasteiger partial charge is 0.160 e. The van der Waals surface area contributed by atoms with E-state index in [1.54, 1.807) is 0 Å². The molecule has 0 spiro atoms. The van der Waals surface area contributed by atoms with Crippen LogP contribution in [0.1, 0.15) is 16.7 Å². The first-order chi connectivity index (χ1) is 40.0. The minimum Gasteiger partial charge on any atom is -0.310 e. The number of benzene rings is 11. The molecule has 0 N–H and O–H groups in total. The van der Waals surface area contributed by atoms with Crippen molar-refractivity contribution in [3.8, 4) is 80.1 Å². The lowest BCUT2D eigenvalue weighted by atomic mass is 9.94. The molecule has 0 radical (unpaired) electrons. The average Bonchev–Trinajstić information content (AvgIpc) is 4.14. The van der Waals surface area contributed by atoms with E-state index in [2.05, 4.69) is 184 Å². The maximum atomic E-state index is 10.7. The first kappa shape index (κ1) is 49.0. The van der Waals surface area contributed by atoms with Crippen LogP contribution in [0.5, 0.6) is 0 Å². The van der Waals surface area contributed by atoms with Gasteiger partial charge in [0.05, 0.1) is 57.3 Å². The molecule has 8 heteroatoms. The van der Waals surface area contributed by atoms with Gasteiger partial charge in [-0.15, -0.1) is 0 Å². The van der Waals surface area contributed by atoms with E-state index in [9.17, 15) is 15.8 Å². The summed E-state index contributed by atoms with van der Waals surface area (Å²) in [6, 6.07) is 101. The SMILES string of the molecule is N#Cc1ccc(N(c2ccc(C#N)cc2)c2ccc3c(c2)c2cc(N(c4ccccc4)c4ccccc4)ccc2n3-c2ccc(-c3ccc(-c4ccc(-c5cc(-c6ccccc6)nc(-c6ccccc6)n5)cc4)cc3C#N)cc2)cc1. The van der Waals surface area contributed by atoms with E-state index < -0.39 is 0 Å². The predicted octanol–water partition coefficient (Wildman–Crippen LogP) is 18.5. The number of para-hydroxylation sites is 2. The number of aromatic nitrogens is 3. The lowest BCUT2D eigenvalue weighted by Crippen LogP contribution is -2.10. The van der Waals surface area contributed by atoms with Crippen molar-refractivity contribution in [1.29, 1.82) is 15.8 Å². The third-order valence-corrected chi connectivity index (χ3v) is 14.7. The average molecular weight is 1040 g/mol. The van der Waals surface area contributed by atoms with Gasteiger partial charge in [-0.3, -0.25) is 0 Å². The van der Waals surface area contributed by atoms with E-state index in [0.29, 0.717) is 22.5 Å². The molecule has 0 saturated heterocycles. The van der Waals surface area contributed by atoms with Crippen molar-refractivity contribution in [2.75, 3.05) is 9.80 Å². The molecule has 0 aliphatic heterocycles. The van der Waals surface area contributed by atoms with Gasteiger partial charge in [0.15, 0.2) is 5.82 Å². The second kappa shape index (κ2) is 21.4. The lowest BCUT2D eigenvalue weighted by Gasteiger charge is -2.26. The Kier molecular flexibility index (Phi) is 12.9. The van der Waals surface area contributed by atoms with E-state index in [-0.39, 0.29) is 0 Å². The second-order valence-electron chi connectivity index (χ2n) is 19.6. The van der Waals surface area contributed by atoms with Gasteiger partial charge >= 0.3 is 0 Å². The van der Waals surface area contributed by atoms with Crippen LogP contribution in [0.25, 0.3) is 83.6 Å². The van der Waals surface area contributed by atoms with Gasteiger partial charge < -0.3 is 14.4 Å². The van der Waals surface area contributed by atoms with Crippen molar-refractivity contribution in [2.45, 2.75) is 0 Å². The Balaban J connectivity index is 0.876. The maximum absolute atomic E-state index is 10.7. The first-order valence-electron chi connectivity index (χ1n) is 26.5. The second-order valence-corrected chi connectivity index (χ2v) is 19.6. The lowest BCUT2D eigenvalue weighted by molar-refractivity contribution is 1.18. The number of fused-ring (bicyclic) bond motifs is 3. The normalized spacial score (nSPS) is 10.9. The topological polar surface area (TPSA) is 109 Å². The van der Waals surface area contributed by atoms with Crippen LogP contribution in [0.2, 0.25) is 0 Å². The molecule has 2 heterocycles. The van der Waals surface area contributed by atoms with Crippen molar-refractivity contribution < 1.29 is 0 Å². The van der Waals surface area contributed by atoms with Gasteiger partial charge in [0.1, 0.15) is 0 Å². The van der Waals surface area contributed by atoms with Gasteiger partial charge in [0.2, 0.25) is 0 Å². The highest BCUT2D eigenvalue weighted by atomic mass is 15.1. The summed E-state index contributed by atoms with van der Waals surface area (Å²) < 4.78 is 2.30. The fourth-order valence-electron chi connectivity index (χ4n) is 10.7. The Morgan fingerprint density at radius 3 is 1.20 bits per heavy atom. The third-order valence-electron chi connectivity index (χ3n) is 14.7. The zero-order chi connectivity index (χ0) is 54.7. The van der Waals surface area contributed by atoms with Gasteiger partial charge in [-0.2, -0.15) is 15.8 Å². The maximum Gasteiger partial charge on any atom is 0.160 e. The van der Waals surface area contributed by atoms with Gasteiger partial charge in [0, 0.05) is 67.3 Å². The summed E-state index contributed by atoms with van der Waals surface area (Å²) in [5.74, 6) is 0.663. The van der Waals surface area contributed by atoms with Crippen molar-refractivity contribution in [2.24, 2.45) is 0 Å². The highest BCUT2D eigenvalue weighted by molar-refractivity contribution is 6.12. The van der Waals surface area contributed by atoms with E-state index in [1.807, 2.05) is 127 Å². The van der Waals surface area contributed by atoms with Crippen LogP contribution in [-0.4, -0.2) is 14.5 Å². The molecule has 8 nitrogen and oxygen atoms in total. The highest BCUT2D eigenvalue weighted by Crippen LogP contribution is 2.43. The highest BCUT2D eigenvalue weighted by Gasteiger charge is 2.21. The summed E-state index contributed by atoms with van der Waals surface area (Å²) >= 11 is 0. The molecule has 0 aliphatic carbocycles. The fourth-order valence-corrected chi connectivity index (χ4v) is 10.7. The molecule has 81 heavy (non-hydrogen) atoms. The van der Waals surface area contributed by atoms with Gasteiger partial charge in [-0.05, 0) is 156 Å². The molecule has 0 bridgehead atoms. The molecular formula is C73H46N8. The zero-order valence-corrected chi connectivity index (χ0v) is 43.6.